The van der Waals surface area contributed by atoms with E-state index in [1.807, 2.05) is 12.1 Å². The molecule has 1 atom stereocenters. The van der Waals surface area contributed by atoms with Crippen LogP contribution < -0.4 is 39.7 Å². The van der Waals surface area contributed by atoms with Crippen molar-refractivity contribution in [1.29, 1.82) is 0 Å². The topological polar surface area (TPSA) is 104 Å². The molecule has 3 aromatic rings. The second-order valence-corrected chi connectivity index (χ2v) is 7.81. The summed E-state index contributed by atoms with van der Waals surface area (Å²) in [6, 6.07) is 12.2. The summed E-state index contributed by atoms with van der Waals surface area (Å²) in [5.41, 5.74) is -0.118. The maximum absolute atomic E-state index is 12.5. The van der Waals surface area contributed by atoms with Crippen LogP contribution in [-0.4, -0.2) is 36.5 Å². The zero-order chi connectivity index (χ0) is 17.3. The summed E-state index contributed by atoms with van der Waals surface area (Å²) < 4.78 is 38.7. The fourth-order valence-electron chi connectivity index (χ4n) is 2.35. The molecule has 1 unspecified atom stereocenters. The maximum atomic E-state index is 12.5. The molecule has 0 aliphatic carbocycles. The molecular weight excluding hydrogens is 375 g/mol. The average molecular weight is 388 g/mol. The number of ether oxygens (including phenoxy) is 1. The third kappa shape index (κ3) is 5.01. The van der Waals surface area contributed by atoms with Crippen LogP contribution in [0.5, 0.6) is 5.75 Å². The van der Waals surface area contributed by atoms with Gasteiger partial charge in [-0.15, -0.1) is 11.3 Å². The molecule has 9 heteroatoms. The quantitative estimate of drug-likeness (QED) is 0.331. The van der Waals surface area contributed by atoms with Gasteiger partial charge in [-0.05, 0) is 30.3 Å². The predicted molar refractivity (Wildman–Crippen MR) is 91.7 cm³/mol. The monoisotopic (exact) mass is 388 g/mol. The van der Waals surface area contributed by atoms with Gasteiger partial charge in [0.15, 0.2) is 5.43 Å². The molecule has 0 amide bonds. The van der Waals surface area contributed by atoms with Crippen LogP contribution in [-0.2, 0) is 10.1 Å². The first-order valence-electron chi connectivity index (χ1n) is 7.03. The van der Waals surface area contributed by atoms with E-state index in [1.54, 1.807) is 30.3 Å². The van der Waals surface area contributed by atoms with E-state index in [4.69, 9.17) is 4.74 Å². The van der Waals surface area contributed by atoms with Gasteiger partial charge in [-0.1, -0.05) is 12.1 Å². The zero-order valence-electron chi connectivity index (χ0n) is 13.3. The average Bonchev–Trinajstić information content (AvgIpc) is 2.52. The van der Waals surface area contributed by atoms with Crippen LogP contribution in [0.4, 0.5) is 0 Å². The molecular formula is C16H13NaO6S2. The van der Waals surface area contributed by atoms with Crippen molar-refractivity contribution in [2.75, 3.05) is 12.4 Å². The third-order valence-corrected chi connectivity index (χ3v) is 5.33. The summed E-state index contributed by atoms with van der Waals surface area (Å²) in [6.07, 6.45) is -1.42. The SMILES string of the molecule is O=c1c2ccccc2sc2ccc(OCC(O)CS(=O)(=O)[O-])cc12.[Na+]. The molecule has 6 nitrogen and oxygen atoms in total. The summed E-state index contributed by atoms with van der Waals surface area (Å²) in [5, 5.41) is 10.6. The largest absolute Gasteiger partial charge is 1.00 e. The Morgan fingerprint density at radius 1 is 1.12 bits per heavy atom. The minimum Gasteiger partial charge on any atom is -0.748 e. The molecule has 3 rings (SSSR count). The van der Waals surface area contributed by atoms with Gasteiger partial charge in [0.05, 0.1) is 15.9 Å². The van der Waals surface area contributed by atoms with E-state index < -0.39 is 22.0 Å². The second-order valence-electron chi connectivity index (χ2n) is 5.27. The summed E-state index contributed by atoms with van der Waals surface area (Å²) in [7, 11) is -4.52. The number of fused-ring (bicyclic) bond motifs is 2. The fourth-order valence-corrected chi connectivity index (χ4v) is 3.97. The van der Waals surface area contributed by atoms with Gasteiger partial charge < -0.3 is 14.4 Å². The van der Waals surface area contributed by atoms with Gasteiger partial charge in [0.2, 0.25) is 0 Å². The Hall–Kier alpha value is -1.000. The molecule has 1 aromatic heterocycles. The second kappa shape index (κ2) is 8.13. The molecule has 1 heterocycles. The van der Waals surface area contributed by atoms with Gasteiger partial charge in [-0.3, -0.25) is 4.79 Å². The van der Waals surface area contributed by atoms with Gasteiger partial charge in [0.25, 0.3) is 0 Å². The standard InChI is InChI=1S/C16H14O6S2.Na/c17-10(9-24(19,20)21)8-22-11-5-6-15-13(7-11)16(18)12-3-1-2-4-14(12)23-15;/h1-7,10,17H,8-9H2,(H,19,20,21);/q;+1/p-1. The molecule has 0 fully saturated rings. The number of aliphatic hydroxyl groups excluding tert-OH is 1. The normalized spacial score (nSPS) is 12.7. The van der Waals surface area contributed by atoms with Crippen molar-refractivity contribution in [3.63, 3.8) is 0 Å². The number of rotatable bonds is 5. The minimum absolute atomic E-state index is 0. The van der Waals surface area contributed by atoms with Crippen LogP contribution in [0.1, 0.15) is 0 Å². The molecule has 0 saturated heterocycles. The van der Waals surface area contributed by atoms with Crippen molar-refractivity contribution in [2.24, 2.45) is 0 Å². The number of aliphatic hydroxyl groups is 1. The Morgan fingerprint density at radius 2 is 1.80 bits per heavy atom. The van der Waals surface area contributed by atoms with Crippen molar-refractivity contribution < 1.29 is 52.4 Å². The number of hydrogen-bond acceptors (Lipinski definition) is 7. The Balaban J connectivity index is 0.00000225. The van der Waals surface area contributed by atoms with E-state index in [2.05, 4.69) is 0 Å². The Bertz CT molecular complexity index is 1060. The first kappa shape index (κ1) is 20.3. The smallest absolute Gasteiger partial charge is 0.748 e. The number of benzene rings is 2. The van der Waals surface area contributed by atoms with Crippen LogP contribution in [0.3, 0.4) is 0 Å². The molecule has 0 spiro atoms. The Morgan fingerprint density at radius 3 is 2.52 bits per heavy atom. The van der Waals surface area contributed by atoms with Crippen LogP contribution in [0, 0.1) is 0 Å². The van der Waals surface area contributed by atoms with E-state index in [0.717, 1.165) is 9.40 Å². The maximum Gasteiger partial charge on any atom is 1.00 e. The molecule has 2 aromatic carbocycles. The van der Waals surface area contributed by atoms with E-state index in [9.17, 15) is 22.9 Å². The molecule has 1 N–H and O–H groups in total. The molecule has 25 heavy (non-hydrogen) atoms. The van der Waals surface area contributed by atoms with Crippen molar-refractivity contribution >= 4 is 41.6 Å². The molecule has 126 valence electrons. The van der Waals surface area contributed by atoms with E-state index in [0.29, 0.717) is 16.5 Å². The minimum atomic E-state index is -4.52. The van der Waals surface area contributed by atoms with E-state index in [1.165, 1.54) is 11.3 Å². The Kier molecular flexibility index (Phi) is 6.61. The summed E-state index contributed by atoms with van der Waals surface area (Å²) in [6.45, 7) is -0.349. The first-order valence-corrected chi connectivity index (χ1v) is 9.43. The summed E-state index contributed by atoms with van der Waals surface area (Å²) >= 11 is 1.48. The Labute approximate surface area is 170 Å². The summed E-state index contributed by atoms with van der Waals surface area (Å²) in [4.78, 5) is 12.5. The molecule has 0 radical (unpaired) electrons. The molecule has 0 saturated carbocycles. The summed E-state index contributed by atoms with van der Waals surface area (Å²) in [5.74, 6) is -0.593. The van der Waals surface area contributed by atoms with Gasteiger partial charge >= 0.3 is 29.6 Å². The first-order chi connectivity index (χ1) is 11.3. The van der Waals surface area contributed by atoms with Crippen LogP contribution in [0.2, 0.25) is 0 Å². The number of hydrogen-bond donors (Lipinski definition) is 1. The van der Waals surface area contributed by atoms with E-state index >= 15 is 0 Å². The predicted octanol–water partition coefficient (Wildman–Crippen LogP) is -1.30. The fraction of sp³-hybridized carbons (Fsp3) is 0.188. The third-order valence-electron chi connectivity index (χ3n) is 3.39. The van der Waals surface area contributed by atoms with E-state index in [-0.39, 0.29) is 41.6 Å². The van der Waals surface area contributed by atoms with Crippen molar-refractivity contribution in [3.8, 4) is 5.75 Å². The van der Waals surface area contributed by atoms with Gasteiger partial charge in [-0.2, -0.15) is 0 Å². The van der Waals surface area contributed by atoms with Gasteiger partial charge in [0.1, 0.15) is 18.5 Å². The van der Waals surface area contributed by atoms with Gasteiger partial charge in [-0.25, -0.2) is 8.42 Å². The molecule has 0 aliphatic rings. The zero-order valence-corrected chi connectivity index (χ0v) is 17.0. The van der Waals surface area contributed by atoms with Crippen molar-refractivity contribution in [3.05, 3.63) is 52.7 Å². The molecule has 0 aliphatic heterocycles. The van der Waals surface area contributed by atoms with Crippen LogP contribution in [0.15, 0.2) is 47.3 Å². The van der Waals surface area contributed by atoms with Crippen molar-refractivity contribution in [1.82, 2.24) is 0 Å². The van der Waals surface area contributed by atoms with Gasteiger partial charge in [0, 0.05) is 20.2 Å². The molecule has 0 bridgehead atoms. The van der Waals surface area contributed by atoms with Crippen LogP contribution in [0.25, 0.3) is 20.2 Å². The van der Waals surface area contributed by atoms with Crippen molar-refractivity contribution in [2.45, 2.75) is 6.10 Å². The van der Waals surface area contributed by atoms with Crippen LogP contribution >= 0.6 is 11.3 Å².